The van der Waals surface area contributed by atoms with Crippen molar-refractivity contribution >= 4 is 15.9 Å². The van der Waals surface area contributed by atoms with Gasteiger partial charge in [0.1, 0.15) is 0 Å². The van der Waals surface area contributed by atoms with E-state index < -0.39 is 0 Å². The third-order valence-corrected chi connectivity index (χ3v) is 4.39. The van der Waals surface area contributed by atoms with Crippen LogP contribution in [-0.2, 0) is 0 Å². The second-order valence-corrected chi connectivity index (χ2v) is 6.80. The lowest BCUT2D eigenvalue weighted by molar-refractivity contribution is 0.127. The zero-order valence-electron chi connectivity index (χ0n) is 11.8. The van der Waals surface area contributed by atoms with Crippen LogP contribution in [0.1, 0.15) is 44.8 Å². The molecule has 0 aliphatic heterocycles. The van der Waals surface area contributed by atoms with Crippen molar-refractivity contribution in [1.82, 2.24) is 4.90 Å². The predicted octanol–water partition coefficient (Wildman–Crippen LogP) is 3.99. The van der Waals surface area contributed by atoms with Crippen LogP contribution in [0.3, 0.4) is 0 Å². The number of nitrogens with zero attached hydrogens (tertiary/aromatic N) is 1. The summed E-state index contributed by atoms with van der Waals surface area (Å²) in [5.41, 5.74) is 1.01. The van der Waals surface area contributed by atoms with Crippen molar-refractivity contribution in [3.63, 3.8) is 0 Å². The molecule has 1 aromatic carbocycles. The maximum absolute atomic E-state index is 10.2. The van der Waals surface area contributed by atoms with Gasteiger partial charge in [-0.25, -0.2) is 0 Å². The molecule has 2 rings (SSSR count). The quantitative estimate of drug-likeness (QED) is 0.819. The van der Waals surface area contributed by atoms with Gasteiger partial charge in [-0.3, -0.25) is 0 Å². The second kappa shape index (κ2) is 6.87. The van der Waals surface area contributed by atoms with Crippen LogP contribution in [0.5, 0.6) is 0 Å². The zero-order valence-corrected chi connectivity index (χ0v) is 13.4. The largest absolute Gasteiger partial charge is 0.388 e. The van der Waals surface area contributed by atoms with E-state index in [2.05, 4.69) is 34.7 Å². The molecule has 0 heterocycles. The molecule has 3 heteroatoms. The van der Waals surface area contributed by atoms with Crippen LogP contribution in [0, 0.1) is 5.92 Å². The summed E-state index contributed by atoms with van der Waals surface area (Å²) in [7, 11) is 0. The van der Waals surface area contributed by atoms with Crippen molar-refractivity contribution in [3.8, 4) is 0 Å². The predicted molar refractivity (Wildman–Crippen MR) is 83.2 cm³/mol. The van der Waals surface area contributed by atoms with Crippen molar-refractivity contribution in [2.45, 2.75) is 45.3 Å². The van der Waals surface area contributed by atoms with Crippen LogP contribution >= 0.6 is 15.9 Å². The van der Waals surface area contributed by atoms with E-state index in [-0.39, 0.29) is 6.10 Å². The molecule has 1 aromatic rings. The second-order valence-electron chi connectivity index (χ2n) is 5.89. The van der Waals surface area contributed by atoms with Gasteiger partial charge in [0.15, 0.2) is 0 Å². The zero-order chi connectivity index (χ0) is 13.8. The fourth-order valence-corrected chi connectivity index (χ4v) is 2.60. The van der Waals surface area contributed by atoms with Gasteiger partial charge in [-0.15, -0.1) is 0 Å². The normalized spacial score (nSPS) is 17.2. The minimum Gasteiger partial charge on any atom is -0.388 e. The van der Waals surface area contributed by atoms with Gasteiger partial charge in [-0.05, 0) is 56.7 Å². The Balaban J connectivity index is 1.83. The molecule has 0 saturated heterocycles. The molecule has 1 atom stereocenters. The van der Waals surface area contributed by atoms with Gasteiger partial charge in [0.2, 0.25) is 0 Å². The van der Waals surface area contributed by atoms with Gasteiger partial charge in [-0.1, -0.05) is 28.1 Å². The van der Waals surface area contributed by atoms with Crippen molar-refractivity contribution in [2.75, 3.05) is 13.1 Å². The highest BCUT2D eigenvalue weighted by molar-refractivity contribution is 9.10. The average Bonchev–Trinajstić information content (AvgIpc) is 3.18. The van der Waals surface area contributed by atoms with Crippen molar-refractivity contribution < 1.29 is 5.11 Å². The molecule has 106 valence electrons. The number of halogens is 1. The number of rotatable bonds is 7. The molecule has 1 aliphatic rings. The van der Waals surface area contributed by atoms with E-state index in [4.69, 9.17) is 0 Å². The number of aliphatic hydroxyl groups is 1. The fourth-order valence-electron chi connectivity index (χ4n) is 2.33. The SMILES string of the molecule is CC(C)N(CCC(O)c1ccc(Br)cc1)CC1CC1. The van der Waals surface area contributed by atoms with E-state index in [1.54, 1.807) is 0 Å². The first kappa shape index (κ1) is 15.0. The van der Waals surface area contributed by atoms with Gasteiger partial charge in [0.05, 0.1) is 6.10 Å². The van der Waals surface area contributed by atoms with Gasteiger partial charge in [0, 0.05) is 23.6 Å². The Morgan fingerprint density at radius 1 is 1.26 bits per heavy atom. The molecule has 1 fully saturated rings. The van der Waals surface area contributed by atoms with Crippen LogP contribution in [0.25, 0.3) is 0 Å². The molecule has 0 bridgehead atoms. The van der Waals surface area contributed by atoms with Crippen molar-refractivity contribution in [1.29, 1.82) is 0 Å². The van der Waals surface area contributed by atoms with E-state index in [0.29, 0.717) is 6.04 Å². The van der Waals surface area contributed by atoms with Crippen LogP contribution < -0.4 is 0 Å². The Morgan fingerprint density at radius 2 is 1.89 bits per heavy atom. The van der Waals surface area contributed by atoms with Gasteiger partial charge < -0.3 is 10.0 Å². The van der Waals surface area contributed by atoms with Crippen molar-refractivity contribution in [2.24, 2.45) is 5.92 Å². The summed E-state index contributed by atoms with van der Waals surface area (Å²) < 4.78 is 1.06. The molecule has 0 spiro atoms. The molecule has 2 nitrogen and oxygen atoms in total. The maximum atomic E-state index is 10.2. The standard InChI is InChI=1S/C16H24BrNO/c1-12(2)18(11-13-3-4-13)10-9-16(19)14-5-7-15(17)8-6-14/h5-8,12-13,16,19H,3-4,9-11H2,1-2H3. The monoisotopic (exact) mass is 325 g/mol. The van der Waals surface area contributed by atoms with Crippen LogP contribution in [-0.4, -0.2) is 29.1 Å². The third-order valence-electron chi connectivity index (χ3n) is 3.86. The highest BCUT2D eigenvalue weighted by atomic mass is 79.9. The first-order valence-electron chi connectivity index (χ1n) is 7.24. The van der Waals surface area contributed by atoms with E-state index in [9.17, 15) is 5.11 Å². The molecule has 19 heavy (non-hydrogen) atoms. The first-order chi connectivity index (χ1) is 9.06. The van der Waals surface area contributed by atoms with Gasteiger partial charge >= 0.3 is 0 Å². The average molecular weight is 326 g/mol. The van der Waals surface area contributed by atoms with E-state index in [1.807, 2.05) is 24.3 Å². The molecule has 1 N–H and O–H groups in total. The molecule has 0 amide bonds. The molecule has 1 saturated carbocycles. The minimum absolute atomic E-state index is 0.353. The highest BCUT2D eigenvalue weighted by Crippen LogP contribution is 2.30. The van der Waals surface area contributed by atoms with Crippen LogP contribution in [0.15, 0.2) is 28.7 Å². The Bertz CT molecular complexity index is 386. The number of aliphatic hydroxyl groups excluding tert-OH is 1. The Kier molecular flexibility index (Phi) is 5.43. The molecule has 1 aliphatic carbocycles. The third kappa shape index (κ3) is 4.90. The lowest BCUT2D eigenvalue weighted by Gasteiger charge is -2.27. The smallest absolute Gasteiger partial charge is 0.0802 e. The lowest BCUT2D eigenvalue weighted by Crippen LogP contribution is -2.34. The molecule has 0 radical (unpaired) electrons. The minimum atomic E-state index is -0.353. The first-order valence-corrected chi connectivity index (χ1v) is 8.03. The number of benzene rings is 1. The summed E-state index contributed by atoms with van der Waals surface area (Å²) in [4.78, 5) is 2.50. The summed E-state index contributed by atoms with van der Waals surface area (Å²) in [5.74, 6) is 0.909. The van der Waals surface area contributed by atoms with Gasteiger partial charge in [0.25, 0.3) is 0 Å². The van der Waals surface area contributed by atoms with E-state index >= 15 is 0 Å². The Morgan fingerprint density at radius 3 is 2.42 bits per heavy atom. The summed E-state index contributed by atoms with van der Waals surface area (Å²) in [6, 6.07) is 8.54. The molecule has 1 unspecified atom stereocenters. The summed E-state index contributed by atoms with van der Waals surface area (Å²) >= 11 is 3.42. The maximum Gasteiger partial charge on any atom is 0.0802 e. The van der Waals surface area contributed by atoms with Gasteiger partial charge in [-0.2, -0.15) is 0 Å². The molecule has 0 aromatic heterocycles. The Hall–Kier alpha value is -0.380. The van der Waals surface area contributed by atoms with Crippen LogP contribution in [0.4, 0.5) is 0 Å². The lowest BCUT2D eigenvalue weighted by atomic mass is 10.1. The summed E-state index contributed by atoms with van der Waals surface area (Å²) in [5, 5.41) is 10.2. The van der Waals surface area contributed by atoms with Crippen molar-refractivity contribution in [3.05, 3.63) is 34.3 Å². The molecular weight excluding hydrogens is 302 g/mol. The molecular formula is C16H24BrNO. The number of hydrogen-bond donors (Lipinski definition) is 1. The highest BCUT2D eigenvalue weighted by Gasteiger charge is 2.25. The van der Waals surface area contributed by atoms with E-state index in [0.717, 1.165) is 28.9 Å². The van der Waals surface area contributed by atoms with Crippen LogP contribution in [0.2, 0.25) is 0 Å². The summed E-state index contributed by atoms with van der Waals surface area (Å²) in [6.07, 6.45) is 3.23. The Labute approximate surface area is 124 Å². The number of hydrogen-bond acceptors (Lipinski definition) is 2. The van der Waals surface area contributed by atoms with E-state index in [1.165, 1.54) is 19.4 Å². The fraction of sp³-hybridized carbons (Fsp3) is 0.625. The topological polar surface area (TPSA) is 23.5 Å². The summed E-state index contributed by atoms with van der Waals surface area (Å²) in [6.45, 7) is 6.67.